The number of likely N-dealkylation sites (tertiary alicyclic amines) is 1. The predicted molar refractivity (Wildman–Crippen MR) is 80.4 cm³/mol. The molecule has 1 fully saturated rings. The lowest BCUT2D eigenvalue weighted by atomic mass is 10.1. The van der Waals surface area contributed by atoms with E-state index < -0.39 is 0 Å². The molecule has 1 aromatic heterocycles. The molecule has 1 N–H and O–H groups in total. The molecule has 1 aromatic rings. The van der Waals surface area contributed by atoms with Crippen LogP contribution in [-0.2, 0) is 13.1 Å². The monoisotopic (exact) mass is 280 g/mol. The maximum absolute atomic E-state index is 5.41. The van der Waals surface area contributed by atoms with Crippen LogP contribution < -0.4 is 5.32 Å². The van der Waals surface area contributed by atoms with Crippen molar-refractivity contribution in [3.05, 3.63) is 17.5 Å². The molecule has 1 aliphatic heterocycles. The molecule has 0 spiro atoms. The summed E-state index contributed by atoms with van der Waals surface area (Å²) in [6, 6.07) is 2.07. The van der Waals surface area contributed by atoms with Gasteiger partial charge >= 0.3 is 0 Å². The summed E-state index contributed by atoms with van der Waals surface area (Å²) in [6.07, 6.45) is 2.45. The van der Waals surface area contributed by atoms with E-state index in [9.17, 15) is 0 Å². The first-order valence-corrected chi connectivity index (χ1v) is 7.69. The van der Waals surface area contributed by atoms with Gasteiger partial charge in [0.25, 0.3) is 0 Å². The normalized spacial score (nSPS) is 20.1. The topological polar surface area (TPSA) is 44.5 Å². The van der Waals surface area contributed by atoms with Crippen molar-refractivity contribution < 1.29 is 4.52 Å². The van der Waals surface area contributed by atoms with Crippen LogP contribution in [0.1, 0.15) is 31.2 Å². The highest BCUT2D eigenvalue weighted by Gasteiger charge is 2.21. The fourth-order valence-corrected chi connectivity index (χ4v) is 2.85. The van der Waals surface area contributed by atoms with E-state index in [0.29, 0.717) is 0 Å². The standard InChI is InChI=1S/C15H28N4O/c1-4-6-16-9-14-8-15(20-17-14)12-19(3)11-13-5-7-18(2)10-13/h8,13,16H,4-7,9-12H2,1-3H3. The third kappa shape index (κ3) is 4.89. The molecule has 5 nitrogen and oxygen atoms in total. The van der Waals surface area contributed by atoms with Gasteiger partial charge in [-0.25, -0.2) is 0 Å². The number of nitrogens with one attached hydrogen (secondary N) is 1. The highest BCUT2D eigenvalue weighted by Crippen LogP contribution is 2.16. The Morgan fingerprint density at radius 3 is 3.10 bits per heavy atom. The Hall–Kier alpha value is -0.910. The molecule has 0 aliphatic carbocycles. The third-order valence-corrected chi connectivity index (χ3v) is 3.83. The molecule has 1 aliphatic rings. The lowest BCUT2D eigenvalue weighted by Crippen LogP contribution is -2.26. The van der Waals surface area contributed by atoms with E-state index in [4.69, 9.17) is 4.52 Å². The van der Waals surface area contributed by atoms with Crippen LogP contribution in [-0.4, -0.2) is 55.2 Å². The smallest absolute Gasteiger partial charge is 0.151 e. The molecule has 114 valence electrons. The van der Waals surface area contributed by atoms with Gasteiger partial charge in [0, 0.05) is 25.7 Å². The van der Waals surface area contributed by atoms with Crippen molar-refractivity contribution in [2.45, 2.75) is 32.9 Å². The Labute approximate surface area is 122 Å². The highest BCUT2D eigenvalue weighted by molar-refractivity contribution is 5.05. The second kappa shape index (κ2) is 7.76. The zero-order valence-electron chi connectivity index (χ0n) is 13.1. The van der Waals surface area contributed by atoms with Crippen molar-refractivity contribution in [1.29, 1.82) is 0 Å². The molecule has 0 amide bonds. The first-order chi connectivity index (χ1) is 9.67. The van der Waals surface area contributed by atoms with E-state index in [2.05, 4.69) is 47.4 Å². The van der Waals surface area contributed by atoms with Crippen molar-refractivity contribution >= 4 is 0 Å². The fourth-order valence-electron chi connectivity index (χ4n) is 2.85. The maximum Gasteiger partial charge on any atom is 0.151 e. The largest absolute Gasteiger partial charge is 0.360 e. The van der Waals surface area contributed by atoms with Crippen molar-refractivity contribution in [3.63, 3.8) is 0 Å². The van der Waals surface area contributed by atoms with Gasteiger partial charge in [-0.05, 0) is 45.9 Å². The molecule has 0 aromatic carbocycles. The van der Waals surface area contributed by atoms with Crippen LogP contribution >= 0.6 is 0 Å². The van der Waals surface area contributed by atoms with Crippen LogP contribution in [0.5, 0.6) is 0 Å². The average molecular weight is 280 g/mol. The van der Waals surface area contributed by atoms with Crippen LogP contribution in [0.25, 0.3) is 0 Å². The van der Waals surface area contributed by atoms with Gasteiger partial charge in [0.15, 0.2) is 5.76 Å². The Bertz CT molecular complexity index is 393. The van der Waals surface area contributed by atoms with E-state index in [1.54, 1.807) is 0 Å². The Balaban J connectivity index is 1.72. The van der Waals surface area contributed by atoms with Gasteiger partial charge < -0.3 is 14.7 Å². The maximum atomic E-state index is 5.41. The van der Waals surface area contributed by atoms with Gasteiger partial charge in [-0.1, -0.05) is 12.1 Å². The summed E-state index contributed by atoms with van der Waals surface area (Å²) in [4.78, 5) is 4.75. The van der Waals surface area contributed by atoms with Gasteiger partial charge in [0.05, 0.1) is 12.2 Å². The first kappa shape index (κ1) is 15.5. The van der Waals surface area contributed by atoms with Crippen LogP contribution in [0, 0.1) is 5.92 Å². The number of nitrogens with zero attached hydrogens (tertiary/aromatic N) is 3. The number of aromatic nitrogens is 1. The minimum atomic E-state index is 0.790. The van der Waals surface area contributed by atoms with Crippen molar-refractivity contribution in [1.82, 2.24) is 20.3 Å². The van der Waals surface area contributed by atoms with Crippen LogP contribution in [0.3, 0.4) is 0 Å². The second-order valence-electron chi connectivity index (χ2n) is 6.08. The van der Waals surface area contributed by atoms with Crippen LogP contribution in [0.15, 0.2) is 10.6 Å². The van der Waals surface area contributed by atoms with Gasteiger partial charge in [-0.3, -0.25) is 4.90 Å². The summed E-state index contributed by atoms with van der Waals surface area (Å²) in [5.74, 6) is 1.76. The van der Waals surface area contributed by atoms with Gasteiger partial charge in [0.2, 0.25) is 0 Å². The molecule has 2 heterocycles. The highest BCUT2D eigenvalue weighted by atomic mass is 16.5. The Morgan fingerprint density at radius 1 is 1.55 bits per heavy atom. The quantitative estimate of drug-likeness (QED) is 0.732. The summed E-state index contributed by atoms with van der Waals surface area (Å²) in [5.41, 5.74) is 1.00. The summed E-state index contributed by atoms with van der Waals surface area (Å²) < 4.78 is 5.41. The summed E-state index contributed by atoms with van der Waals surface area (Å²) >= 11 is 0. The molecule has 2 rings (SSSR count). The molecule has 0 bridgehead atoms. The minimum Gasteiger partial charge on any atom is -0.360 e. The lowest BCUT2D eigenvalue weighted by molar-refractivity contribution is 0.236. The van der Waals surface area contributed by atoms with Gasteiger partial charge in [-0.2, -0.15) is 0 Å². The molecule has 20 heavy (non-hydrogen) atoms. The SMILES string of the molecule is CCCNCc1cc(CN(C)CC2CCN(C)C2)on1. The van der Waals surface area contributed by atoms with E-state index in [1.165, 1.54) is 19.5 Å². The van der Waals surface area contributed by atoms with Gasteiger partial charge in [0.1, 0.15) is 0 Å². The van der Waals surface area contributed by atoms with E-state index in [0.717, 1.165) is 50.0 Å². The number of hydrogen-bond acceptors (Lipinski definition) is 5. The minimum absolute atomic E-state index is 0.790. The van der Waals surface area contributed by atoms with Gasteiger partial charge in [-0.15, -0.1) is 0 Å². The molecule has 1 unspecified atom stereocenters. The van der Waals surface area contributed by atoms with Crippen LogP contribution in [0.4, 0.5) is 0 Å². The predicted octanol–water partition coefficient (Wildman–Crippen LogP) is 1.56. The lowest BCUT2D eigenvalue weighted by Gasteiger charge is -2.19. The Kier molecular flexibility index (Phi) is 6.01. The van der Waals surface area contributed by atoms with Crippen LogP contribution in [0.2, 0.25) is 0 Å². The molecular formula is C15H28N4O. The molecule has 1 saturated heterocycles. The zero-order chi connectivity index (χ0) is 14.4. The average Bonchev–Trinajstić information content (AvgIpc) is 2.99. The third-order valence-electron chi connectivity index (χ3n) is 3.83. The number of hydrogen-bond donors (Lipinski definition) is 1. The zero-order valence-corrected chi connectivity index (χ0v) is 13.1. The van der Waals surface area contributed by atoms with E-state index in [-0.39, 0.29) is 0 Å². The number of rotatable bonds is 8. The van der Waals surface area contributed by atoms with E-state index in [1.807, 2.05) is 0 Å². The first-order valence-electron chi connectivity index (χ1n) is 7.69. The van der Waals surface area contributed by atoms with Crippen molar-refractivity contribution in [2.75, 3.05) is 40.3 Å². The molecule has 0 radical (unpaired) electrons. The van der Waals surface area contributed by atoms with E-state index >= 15 is 0 Å². The summed E-state index contributed by atoms with van der Waals surface area (Å²) in [6.45, 7) is 8.42. The molecule has 0 saturated carbocycles. The van der Waals surface area contributed by atoms with Crippen molar-refractivity contribution in [2.24, 2.45) is 5.92 Å². The molecular weight excluding hydrogens is 252 g/mol. The summed E-state index contributed by atoms with van der Waals surface area (Å²) in [7, 11) is 4.36. The second-order valence-corrected chi connectivity index (χ2v) is 6.08. The molecule has 5 heteroatoms. The Morgan fingerprint density at radius 2 is 2.40 bits per heavy atom. The fraction of sp³-hybridized carbons (Fsp3) is 0.800. The summed E-state index contributed by atoms with van der Waals surface area (Å²) in [5, 5.41) is 7.45. The molecule has 1 atom stereocenters. The van der Waals surface area contributed by atoms with Crippen molar-refractivity contribution in [3.8, 4) is 0 Å².